The lowest BCUT2D eigenvalue weighted by Crippen LogP contribution is -2.47. The lowest BCUT2D eigenvalue weighted by Gasteiger charge is -2.34. The second kappa shape index (κ2) is 5.83. The topological polar surface area (TPSA) is 35.5 Å². The van der Waals surface area contributed by atoms with Crippen molar-refractivity contribution in [3.8, 4) is 0 Å². The third-order valence-electron chi connectivity index (χ3n) is 3.67. The van der Waals surface area contributed by atoms with Crippen molar-refractivity contribution in [3.05, 3.63) is 0 Å². The van der Waals surface area contributed by atoms with Crippen molar-refractivity contribution in [1.82, 2.24) is 10.2 Å². The molecule has 1 heterocycles. The van der Waals surface area contributed by atoms with E-state index in [1.54, 1.807) is 0 Å². The molecule has 2 atom stereocenters. The summed E-state index contributed by atoms with van der Waals surface area (Å²) in [6, 6.07) is 0. The first kappa shape index (κ1) is 12.9. The lowest BCUT2D eigenvalue weighted by atomic mass is 9.96. The maximum Gasteiger partial charge on any atom is 0.0610 e. The highest BCUT2D eigenvalue weighted by atomic mass is 16.3. The third-order valence-corrected chi connectivity index (χ3v) is 3.67. The molecule has 3 nitrogen and oxygen atoms in total. The monoisotopic (exact) mass is 214 g/mol. The predicted octanol–water partition coefficient (Wildman–Crippen LogP) is 1.08. The Hall–Kier alpha value is -0.120. The van der Waals surface area contributed by atoms with Gasteiger partial charge in [0.25, 0.3) is 0 Å². The minimum Gasteiger partial charge on any atom is -0.394 e. The van der Waals surface area contributed by atoms with Crippen molar-refractivity contribution >= 4 is 0 Å². The minimum absolute atomic E-state index is 0.110. The molecule has 15 heavy (non-hydrogen) atoms. The van der Waals surface area contributed by atoms with E-state index < -0.39 is 0 Å². The van der Waals surface area contributed by atoms with E-state index in [4.69, 9.17) is 0 Å². The van der Waals surface area contributed by atoms with Crippen LogP contribution in [0.15, 0.2) is 0 Å². The van der Waals surface area contributed by atoms with Gasteiger partial charge in [-0.25, -0.2) is 0 Å². The molecule has 0 aromatic carbocycles. The fraction of sp³-hybridized carbons (Fsp3) is 1.00. The predicted molar refractivity (Wildman–Crippen MR) is 64.0 cm³/mol. The fourth-order valence-electron chi connectivity index (χ4n) is 2.18. The molecule has 0 bridgehead atoms. The van der Waals surface area contributed by atoms with Gasteiger partial charge in [-0.2, -0.15) is 0 Å². The number of hydrogen-bond donors (Lipinski definition) is 2. The van der Waals surface area contributed by atoms with E-state index >= 15 is 0 Å². The van der Waals surface area contributed by atoms with Gasteiger partial charge in [0, 0.05) is 12.1 Å². The molecule has 0 aromatic rings. The van der Waals surface area contributed by atoms with Gasteiger partial charge in [0.1, 0.15) is 0 Å². The molecular weight excluding hydrogens is 188 g/mol. The maximum absolute atomic E-state index is 9.29. The number of likely N-dealkylation sites (tertiary alicyclic amines) is 1. The summed E-state index contributed by atoms with van der Waals surface area (Å²) in [7, 11) is 1.93. The van der Waals surface area contributed by atoms with E-state index in [-0.39, 0.29) is 12.1 Å². The van der Waals surface area contributed by atoms with Crippen LogP contribution in [0.3, 0.4) is 0 Å². The molecule has 1 aliphatic heterocycles. The van der Waals surface area contributed by atoms with Crippen LogP contribution in [-0.2, 0) is 0 Å². The summed E-state index contributed by atoms with van der Waals surface area (Å²) in [5, 5.41) is 12.5. The quantitative estimate of drug-likeness (QED) is 0.719. The highest BCUT2D eigenvalue weighted by molar-refractivity contribution is 4.82. The Balaban J connectivity index is 2.29. The van der Waals surface area contributed by atoms with Crippen molar-refractivity contribution in [2.75, 3.05) is 33.3 Å². The van der Waals surface area contributed by atoms with Gasteiger partial charge in [-0.05, 0) is 52.2 Å². The van der Waals surface area contributed by atoms with Crippen molar-refractivity contribution in [1.29, 1.82) is 0 Å². The van der Waals surface area contributed by atoms with Gasteiger partial charge in [-0.15, -0.1) is 0 Å². The smallest absolute Gasteiger partial charge is 0.0610 e. The van der Waals surface area contributed by atoms with Crippen LogP contribution in [-0.4, -0.2) is 48.8 Å². The van der Waals surface area contributed by atoms with E-state index in [0.29, 0.717) is 0 Å². The average Bonchev–Trinajstić information content (AvgIpc) is 2.26. The van der Waals surface area contributed by atoms with Crippen LogP contribution in [0, 0.1) is 5.92 Å². The summed E-state index contributed by atoms with van der Waals surface area (Å²) < 4.78 is 0. The van der Waals surface area contributed by atoms with Gasteiger partial charge in [-0.3, -0.25) is 0 Å². The van der Waals surface area contributed by atoms with Crippen molar-refractivity contribution in [2.45, 2.75) is 38.6 Å². The van der Waals surface area contributed by atoms with E-state index in [1.165, 1.54) is 25.9 Å². The number of nitrogens with zero attached hydrogens (tertiary/aromatic N) is 1. The van der Waals surface area contributed by atoms with E-state index in [2.05, 4.69) is 24.1 Å². The Kier molecular flexibility index (Phi) is 5.03. The lowest BCUT2D eigenvalue weighted by molar-refractivity contribution is 0.131. The zero-order valence-electron chi connectivity index (χ0n) is 10.4. The van der Waals surface area contributed by atoms with Crippen molar-refractivity contribution < 1.29 is 5.11 Å². The van der Waals surface area contributed by atoms with Crippen LogP contribution in [0.2, 0.25) is 0 Å². The van der Waals surface area contributed by atoms with Gasteiger partial charge < -0.3 is 15.3 Å². The number of likely N-dealkylation sites (N-methyl/N-ethyl adjacent to an activating group) is 1. The highest BCUT2D eigenvalue weighted by Gasteiger charge is 2.23. The summed E-state index contributed by atoms with van der Waals surface area (Å²) in [5.41, 5.74) is -0.110. The van der Waals surface area contributed by atoms with Gasteiger partial charge in [-0.1, -0.05) is 6.92 Å². The normalized spacial score (nSPS) is 27.6. The first-order chi connectivity index (χ1) is 7.09. The molecule has 0 aliphatic carbocycles. The number of aliphatic hydroxyl groups is 1. The zero-order valence-corrected chi connectivity index (χ0v) is 10.4. The molecule has 0 amide bonds. The van der Waals surface area contributed by atoms with Gasteiger partial charge in [0.05, 0.1) is 6.61 Å². The van der Waals surface area contributed by atoms with E-state index in [9.17, 15) is 5.11 Å². The zero-order chi connectivity index (χ0) is 11.3. The van der Waals surface area contributed by atoms with Gasteiger partial charge in [0.2, 0.25) is 0 Å². The standard InChI is InChI=1S/C12H26N2O/c1-11-5-4-7-14(9-11)8-6-12(2,10-15)13-3/h11,13,15H,4-10H2,1-3H3. The molecule has 1 rings (SSSR count). The highest BCUT2D eigenvalue weighted by Crippen LogP contribution is 2.17. The van der Waals surface area contributed by atoms with E-state index in [0.717, 1.165) is 18.9 Å². The second-order valence-corrected chi connectivity index (χ2v) is 5.27. The maximum atomic E-state index is 9.29. The third kappa shape index (κ3) is 4.09. The molecule has 2 unspecified atom stereocenters. The molecule has 1 aliphatic rings. The Morgan fingerprint density at radius 3 is 2.80 bits per heavy atom. The van der Waals surface area contributed by atoms with Crippen LogP contribution in [0.4, 0.5) is 0 Å². The van der Waals surface area contributed by atoms with Crippen LogP contribution in [0.5, 0.6) is 0 Å². The number of aliphatic hydroxyl groups excluding tert-OH is 1. The largest absolute Gasteiger partial charge is 0.394 e. The summed E-state index contributed by atoms with van der Waals surface area (Å²) in [4.78, 5) is 2.53. The summed E-state index contributed by atoms with van der Waals surface area (Å²) in [6.07, 6.45) is 3.73. The number of hydrogen-bond acceptors (Lipinski definition) is 3. The van der Waals surface area contributed by atoms with Crippen molar-refractivity contribution in [3.63, 3.8) is 0 Å². The first-order valence-corrected chi connectivity index (χ1v) is 6.12. The molecule has 2 N–H and O–H groups in total. The number of rotatable bonds is 5. The molecule has 0 saturated carbocycles. The SMILES string of the molecule is CNC(C)(CO)CCN1CCCC(C)C1. The molecule has 3 heteroatoms. The molecule has 1 fully saturated rings. The second-order valence-electron chi connectivity index (χ2n) is 5.27. The van der Waals surface area contributed by atoms with Crippen LogP contribution in [0.25, 0.3) is 0 Å². The Morgan fingerprint density at radius 2 is 2.27 bits per heavy atom. The first-order valence-electron chi connectivity index (χ1n) is 6.12. The Morgan fingerprint density at radius 1 is 1.53 bits per heavy atom. The number of piperidine rings is 1. The van der Waals surface area contributed by atoms with Crippen LogP contribution in [0.1, 0.15) is 33.1 Å². The fourth-order valence-corrected chi connectivity index (χ4v) is 2.18. The molecular formula is C12H26N2O. The summed E-state index contributed by atoms with van der Waals surface area (Å²) >= 11 is 0. The van der Waals surface area contributed by atoms with Gasteiger partial charge >= 0.3 is 0 Å². The van der Waals surface area contributed by atoms with Crippen LogP contribution >= 0.6 is 0 Å². The Labute approximate surface area is 93.9 Å². The molecule has 90 valence electrons. The summed E-state index contributed by atoms with van der Waals surface area (Å²) in [6.45, 7) is 8.19. The Bertz CT molecular complexity index is 180. The molecule has 0 radical (unpaired) electrons. The molecule has 1 saturated heterocycles. The molecule has 0 spiro atoms. The summed E-state index contributed by atoms with van der Waals surface area (Å²) in [5.74, 6) is 0.841. The minimum atomic E-state index is -0.110. The van der Waals surface area contributed by atoms with Crippen molar-refractivity contribution in [2.24, 2.45) is 5.92 Å². The molecule has 0 aromatic heterocycles. The average molecular weight is 214 g/mol. The van der Waals surface area contributed by atoms with E-state index in [1.807, 2.05) is 7.05 Å². The number of nitrogens with one attached hydrogen (secondary N) is 1. The van der Waals surface area contributed by atoms with Crippen LogP contribution < -0.4 is 5.32 Å². The van der Waals surface area contributed by atoms with Gasteiger partial charge in [0.15, 0.2) is 0 Å².